The van der Waals surface area contributed by atoms with Crippen LogP contribution in [0.4, 0.5) is 0 Å². The number of carboxylic acid groups (broad SMARTS) is 1. The summed E-state index contributed by atoms with van der Waals surface area (Å²) in [6.45, 7) is 1.95. The highest BCUT2D eigenvalue weighted by atomic mass is 32.2. The van der Waals surface area contributed by atoms with Crippen molar-refractivity contribution in [2.24, 2.45) is 0 Å². The van der Waals surface area contributed by atoms with E-state index in [1.54, 1.807) is 0 Å². The maximum absolute atomic E-state index is 12.0. The molecule has 2 N–H and O–H groups in total. The molecule has 1 amide bonds. The zero-order valence-corrected chi connectivity index (χ0v) is 12.6. The third-order valence-electron chi connectivity index (χ3n) is 2.87. The molecule has 21 heavy (non-hydrogen) atoms. The van der Waals surface area contributed by atoms with E-state index in [0.717, 1.165) is 6.42 Å². The summed E-state index contributed by atoms with van der Waals surface area (Å²) in [5.74, 6) is -1.32. The lowest BCUT2D eigenvalue weighted by Crippen LogP contribution is -2.26. The molecule has 0 aliphatic rings. The number of hydrogen-bond acceptors (Lipinski definition) is 4. The molecule has 0 saturated heterocycles. The molecule has 0 aliphatic carbocycles. The van der Waals surface area contributed by atoms with Gasteiger partial charge in [0.1, 0.15) is 0 Å². The molecular formula is C14H19NO5S. The Morgan fingerprint density at radius 3 is 2.33 bits per heavy atom. The van der Waals surface area contributed by atoms with Gasteiger partial charge in [-0.05, 0) is 30.7 Å². The average Bonchev–Trinajstić information content (AvgIpc) is 2.45. The minimum absolute atomic E-state index is 0.0325. The molecule has 0 saturated carbocycles. The molecule has 7 heteroatoms. The van der Waals surface area contributed by atoms with Crippen molar-refractivity contribution in [3.63, 3.8) is 0 Å². The zero-order chi connectivity index (χ0) is 15.9. The first-order valence-corrected chi connectivity index (χ1v) is 8.35. The normalized spacial score (nSPS) is 11.1. The van der Waals surface area contributed by atoms with Crippen molar-refractivity contribution in [1.29, 1.82) is 0 Å². The lowest BCUT2D eigenvalue weighted by atomic mass is 10.2. The Morgan fingerprint density at radius 1 is 1.19 bits per heavy atom. The van der Waals surface area contributed by atoms with Crippen LogP contribution in [0.1, 0.15) is 36.5 Å². The number of aliphatic carboxylic acids is 1. The van der Waals surface area contributed by atoms with Crippen LogP contribution in [0, 0.1) is 0 Å². The predicted molar refractivity (Wildman–Crippen MR) is 78.0 cm³/mol. The summed E-state index contributed by atoms with van der Waals surface area (Å²) in [7, 11) is -3.30. The van der Waals surface area contributed by atoms with Crippen LogP contribution in [-0.4, -0.2) is 37.7 Å². The lowest BCUT2D eigenvalue weighted by Gasteiger charge is -2.06. The maximum atomic E-state index is 12.0. The fourth-order valence-corrected chi connectivity index (χ4v) is 3.11. The van der Waals surface area contributed by atoms with Gasteiger partial charge in [0, 0.05) is 12.1 Å². The van der Waals surface area contributed by atoms with Gasteiger partial charge < -0.3 is 10.4 Å². The van der Waals surface area contributed by atoms with Crippen molar-refractivity contribution >= 4 is 21.7 Å². The molecule has 0 heterocycles. The Hall–Kier alpha value is -1.89. The number of carbonyl (C=O) groups excluding carboxylic acids is 1. The van der Waals surface area contributed by atoms with Gasteiger partial charge in [-0.25, -0.2) is 8.42 Å². The number of sulfone groups is 1. The third-order valence-corrected chi connectivity index (χ3v) is 4.68. The second kappa shape index (κ2) is 7.78. The van der Waals surface area contributed by atoms with Gasteiger partial charge in [0.2, 0.25) is 0 Å². The van der Waals surface area contributed by atoms with Gasteiger partial charge in [0.05, 0.1) is 17.1 Å². The first-order chi connectivity index (χ1) is 9.86. The fourth-order valence-electron chi connectivity index (χ4n) is 1.65. The number of carbonyl (C=O) groups is 2. The SMILES string of the molecule is CCCCS(=O)(=O)c1ccc(C(=O)NCCC(=O)O)cc1. The quantitative estimate of drug-likeness (QED) is 0.757. The fraction of sp³-hybridized carbons (Fsp3) is 0.429. The Balaban J connectivity index is 2.69. The van der Waals surface area contributed by atoms with Crippen LogP contribution >= 0.6 is 0 Å². The third kappa shape index (κ3) is 5.55. The number of unbranched alkanes of at least 4 members (excludes halogenated alkanes) is 1. The van der Waals surface area contributed by atoms with Crippen molar-refractivity contribution in [3.05, 3.63) is 29.8 Å². The molecule has 0 bridgehead atoms. The number of rotatable bonds is 8. The van der Waals surface area contributed by atoms with Gasteiger partial charge in [-0.3, -0.25) is 9.59 Å². The molecule has 0 fully saturated rings. The second-order valence-electron chi connectivity index (χ2n) is 4.60. The van der Waals surface area contributed by atoms with E-state index < -0.39 is 21.7 Å². The van der Waals surface area contributed by atoms with Crippen LogP contribution in [0.2, 0.25) is 0 Å². The minimum Gasteiger partial charge on any atom is -0.481 e. The maximum Gasteiger partial charge on any atom is 0.305 e. The summed E-state index contributed by atoms with van der Waals surface area (Å²) in [4.78, 5) is 22.2. The summed E-state index contributed by atoms with van der Waals surface area (Å²) in [5.41, 5.74) is 0.301. The van der Waals surface area contributed by atoms with E-state index in [-0.39, 0.29) is 23.6 Å². The first kappa shape index (κ1) is 17.2. The smallest absolute Gasteiger partial charge is 0.305 e. The van der Waals surface area contributed by atoms with Gasteiger partial charge >= 0.3 is 5.97 Å². The van der Waals surface area contributed by atoms with E-state index >= 15 is 0 Å². The van der Waals surface area contributed by atoms with Gasteiger partial charge in [-0.1, -0.05) is 13.3 Å². The van der Waals surface area contributed by atoms with Crippen molar-refractivity contribution in [3.8, 4) is 0 Å². The number of amides is 1. The summed E-state index contributed by atoms with van der Waals surface area (Å²) in [6.07, 6.45) is 1.23. The van der Waals surface area contributed by atoms with Crippen LogP contribution in [-0.2, 0) is 14.6 Å². The van der Waals surface area contributed by atoms with Gasteiger partial charge in [-0.15, -0.1) is 0 Å². The molecule has 1 aromatic rings. The molecule has 6 nitrogen and oxygen atoms in total. The van der Waals surface area contributed by atoms with E-state index in [9.17, 15) is 18.0 Å². The Bertz CT molecular complexity index is 592. The topological polar surface area (TPSA) is 101 Å². The van der Waals surface area contributed by atoms with Crippen LogP contribution in [0.15, 0.2) is 29.2 Å². The van der Waals surface area contributed by atoms with Crippen molar-refractivity contribution in [2.45, 2.75) is 31.1 Å². The largest absolute Gasteiger partial charge is 0.481 e. The molecule has 1 aromatic carbocycles. The number of benzene rings is 1. The van der Waals surface area contributed by atoms with Crippen molar-refractivity contribution in [2.75, 3.05) is 12.3 Å². The van der Waals surface area contributed by atoms with Crippen LogP contribution in [0.3, 0.4) is 0 Å². The van der Waals surface area contributed by atoms with Crippen LogP contribution < -0.4 is 5.32 Å². The molecule has 0 spiro atoms. The predicted octanol–water partition coefficient (Wildman–Crippen LogP) is 1.46. The summed E-state index contributed by atoms with van der Waals surface area (Å²) < 4.78 is 23.9. The molecule has 116 valence electrons. The monoisotopic (exact) mass is 313 g/mol. The average molecular weight is 313 g/mol. The highest BCUT2D eigenvalue weighted by molar-refractivity contribution is 7.91. The summed E-state index contributed by atoms with van der Waals surface area (Å²) in [6, 6.07) is 5.65. The molecule has 0 aliphatic heterocycles. The van der Waals surface area contributed by atoms with E-state index in [0.29, 0.717) is 12.0 Å². The summed E-state index contributed by atoms with van der Waals surface area (Å²) >= 11 is 0. The highest BCUT2D eigenvalue weighted by Crippen LogP contribution is 2.14. The minimum atomic E-state index is -3.30. The van der Waals surface area contributed by atoms with E-state index in [2.05, 4.69) is 5.32 Å². The van der Waals surface area contributed by atoms with Crippen LogP contribution in [0.25, 0.3) is 0 Å². The molecule has 1 rings (SSSR count). The molecule has 0 aromatic heterocycles. The van der Waals surface area contributed by atoms with E-state index in [1.807, 2.05) is 6.92 Å². The Morgan fingerprint density at radius 2 is 1.81 bits per heavy atom. The Kier molecular flexibility index (Phi) is 6.36. The first-order valence-electron chi connectivity index (χ1n) is 6.69. The van der Waals surface area contributed by atoms with Gasteiger partial charge in [0.15, 0.2) is 9.84 Å². The lowest BCUT2D eigenvalue weighted by molar-refractivity contribution is -0.136. The second-order valence-corrected chi connectivity index (χ2v) is 6.71. The highest BCUT2D eigenvalue weighted by Gasteiger charge is 2.14. The molecule has 0 unspecified atom stereocenters. The van der Waals surface area contributed by atoms with Gasteiger partial charge in [0.25, 0.3) is 5.91 Å². The molecular weight excluding hydrogens is 294 g/mol. The van der Waals surface area contributed by atoms with Crippen LogP contribution in [0.5, 0.6) is 0 Å². The van der Waals surface area contributed by atoms with Crippen molar-refractivity contribution < 1.29 is 23.1 Å². The standard InChI is InChI=1S/C14H19NO5S/c1-2-3-10-21(19,20)12-6-4-11(5-7-12)14(18)15-9-8-13(16)17/h4-7H,2-3,8-10H2,1H3,(H,15,18)(H,16,17). The Labute approximate surface area is 124 Å². The summed E-state index contributed by atoms with van der Waals surface area (Å²) in [5, 5.41) is 10.9. The van der Waals surface area contributed by atoms with Crippen molar-refractivity contribution in [1.82, 2.24) is 5.32 Å². The molecule has 0 atom stereocenters. The molecule has 0 radical (unpaired) electrons. The van der Waals surface area contributed by atoms with E-state index in [1.165, 1.54) is 24.3 Å². The van der Waals surface area contributed by atoms with E-state index in [4.69, 9.17) is 5.11 Å². The zero-order valence-electron chi connectivity index (χ0n) is 11.8. The number of nitrogens with one attached hydrogen (secondary N) is 1. The van der Waals surface area contributed by atoms with Gasteiger partial charge in [-0.2, -0.15) is 0 Å². The number of carboxylic acids is 1. The number of hydrogen-bond donors (Lipinski definition) is 2.